The summed E-state index contributed by atoms with van der Waals surface area (Å²) in [5.74, 6) is -0.256. The number of nitrogens with zero attached hydrogens (tertiary/aromatic N) is 1. The Labute approximate surface area is 158 Å². The van der Waals surface area contributed by atoms with Crippen LogP contribution in [0.5, 0.6) is 5.75 Å². The Morgan fingerprint density at radius 2 is 1.74 bits per heavy atom. The van der Waals surface area contributed by atoms with E-state index in [1.165, 1.54) is 30.3 Å². The number of hydrogen-bond acceptors (Lipinski definition) is 4. The van der Waals surface area contributed by atoms with Crippen molar-refractivity contribution in [3.8, 4) is 5.75 Å². The normalized spacial score (nSPS) is 16.4. The molecule has 0 amide bonds. The monoisotopic (exact) mass is 396 g/mol. The predicted molar refractivity (Wildman–Crippen MR) is 98.1 cm³/mol. The molecule has 5 nitrogen and oxygen atoms in total. The number of rotatable bonds is 7. The van der Waals surface area contributed by atoms with Gasteiger partial charge in [0.2, 0.25) is 10.0 Å². The van der Waals surface area contributed by atoms with Crippen LogP contribution >= 0.6 is 0 Å². The van der Waals surface area contributed by atoms with E-state index in [4.69, 9.17) is 4.74 Å². The molecule has 1 N–H and O–H groups in total. The molecule has 3 rings (SSSR count). The van der Waals surface area contributed by atoms with Crippen LogP contribution in [0.1, 0.15) is 12.8 Å². The molecule has 2 aromatic carbocycles. The average molecular weight is 396 g/mol. The highest BCUT2D eigenvalue weighted by Crippen LogP contribution is 2.16. The molecule has 1 heterocycles. The molecule has 1 fully saturated rings. The Morgan fingerprint density at radius 3 is 2.41 bits per heavy atom. The molecule has 1 saturated heterocycles. The van der Waals surface area contributed by atoms with Crippen LogP contribution in [0, 0.1) is 11.6 Å². The SMILES string of the molecule is O=S(=O)(NC1CCN(CCOc2ccc(F)cc2)CC1)c1cccc(F)c1. The molecule has 2 aromatic rings. The van der Waals surface area contributed by atoms with Gasteiger partial charge in [0, 0.05) is 12.6 Å². The second kappa shape index (κ2) is 8.77. The Bertz CT molecular complexity index is 852. The summed E-state index contributed by atoms with van der Waals surface area (Å²) in [4.78, 5) is 2.13. The minimum Gasteiger partial charge on any atom is -0.492 e. The maximum atomic E-state index is 13.3. The van der Waals surface area contributed by atoms with E-state index in [2.05, 4.69) is 9.62 Å². The molecular weight excluding hydrogens is 374 g/mol. The number of hydrogen-bond donors (Lipinski definition) is 1. The van der Waals surface area contributed by atoms with Crippen molar-refractivity contribution in [1.29, 1.82) is 0 Å². The van der Waals surface area contributed by atoms with E-state index < -0.39 is 15.8 Å². The number of benzene rings is 2. The van der Waals surface area contributed by atoms with Gasteiger partial charge < -0.3 is 4.74 Å². The average Bonchev–Trinajstić information content (AvgIpc) is 2.65. The van der Waals surface area contributed by atoms with Crippen LogP contribution in [0.25, 0.3) is 0 Å². The third-order valence-corrected chi connectivity index (χ3v) is 6.02. The van der Waals surface area contributed by atoms with Crippen molar-refractivity contribution < 1.29 is 21.9 Å². The van der Waals surface area contributed by atoms with Crippen LogP contribution in [0.15, 0.2) is 53.4 Å². The fraction of sp³-hybridized carbons (Fsp3) is 0.368. The highest BCUT2D eigenvalue weighted by Gasteiger charge is 2.24. The van der Waals surface area contributed by atoms with Crippen molar-refractivity contribution in [2.24, 2.45) is 0 Å². The maximum Gasteiger partial charge on any atom is 0.240 e. The van der Waals surface area contributed by atoms with Gasteiger partial charge in [-0.15, -0.1) is 0 Å². The Balaban J connectivity index is 1.42. The van der Waals surface area contributed by atoms with Gasteiger partial charge in [0.1, 0.15) is 24.0 Å². The van der Waals surface area contributed by atoms with Crippen LogP contribution in [-0.4, -0.2) is 45.6 Å². The Hall–Kier alpha value is -2.03. The van der Waals surface area contributed by atoms with Crippen LogP contribution in [0.3, 0.4) is 0 Å². The third-order valence-electron chi connectivity index (χ3n) is 4.51. The summed E-state index contributed by atoms with van der Waals surface area (Å²) in [7, 11) is -3.72. The first-order valence-electron chi connectivity index (χ1n) is 8.81. The fourth-order valence-corrected chi connectivity index (χ4v) is 4.36. The van der Waals surface area contributed by atoms with Gasteiger partial charge in [-0.1, -0.05) is 6.07 Å². The fourth-order valence-electron chi connectivity index (χ4n) is 3.02. The quantitative estimate of drug-likeness (QED) is 0.782. The van der Waals surface area contributed by atoms with Gasteiger partial charge in [-0.3, -0.25) is 4.90 Å². The predicted octanol–water partition coefficient (Wildman–Crippen LogP) is 2.79. The highest BCUT2D eigenvalue weighted by atomic mass is 32.2. The van der Waals surface area contributed by atoms with Crippen LogP contribution < -0.4 is 9.46 Å². The van der Waals surface area contributed by atoms with E-state index in [-0.39, 0.29) is 16.8 Å². The Kier molecular flexibility index (Phi) is 6.41. The number of halogens is 2. The minimum absolute atomic E-state index is 0.0578. The van der Waals surface area contributed by atoms with E-state index in [1.54, 1.807) is 12.1 Å². The molecule has 0 spiro atoms. The van der Waals surface area contributed by atoms with Gasteiger partial charge in [-0.05, 0) is 68.4 Å². The summed E-state index contributed by atoms with van der Waals surface area (Å²) in [5.41, 5.74) is 0. The molecule has 0 saturated carbocycles. The van der Waals surface area contributed by atoms with E-state index in [9.17, 15) is 17.2 Å². The smallest absolute Gasteiger partial charge is 0.240 e. The molecule has 0 aromatic heterocycles. The first-order valence-corrected chi connectivity index (χ1v) is 10.3. The van der Waals surface area contributed by atoms with Gasteiger partial charge in [0.25, 0.3) is 0 Å². The molecule has 1 aliphatic heterocycles. The molecule has 0 radical (unpaired) electrons. The zero-order valence-electron chi connectivity index (χ0n) is 14.8. The number of piperidine rings is 1. The van der Waals surface area contributed by atoms with Crippen molar-refractivity contribution in [3.63, 3.8) is 0 Å². The first kappa shape index (κ1) is 19.7. The molecule has 27 heavy (non-hydrogen) atoms. The molecular formula is C19H22F2N2O3S. The lowest BCUT2D eigenvalue weighted by atomic mass is 10.1. The Morgan fingerprint density at radius 1 is 1.04 bits per heavy atom. The lowest BCUT2D eigenvalue weighted by Crippen LogP contribution is -2.45. The summed E-state index contributed by atoms with van der Waals surface area (Å²) in [5, 5.41) is 0. The lowest BCUT2D eigenvalue weighted by molar-refractivity contribution is 0.170. The summed E-state index contributed by atoms with van der Waals surface area (Å²) in [6.45, 7) is 2.66. The van der Waals surface area contributed by atoms with Gasteiger partial charge in [-0.25, -0.2) is 21.9 Å². The zero-order valence-corrected chi connectivity index (χ0v) is 15.6. The molecule has 8 heteroatoms. The van der Waals surface area contributed by atoms with Crippen molar-refractivity contribution >= 4 is 10.0 Å². The summed E-state index contributed by atoms with van der Waals surface area (Å²) >= 11 is 0. The van der Waals surface area contributed by atoms with E-state index in [1.807, 2.05) is 0 Å². The van der Waals surface area contributed by atoms with Gasteiger partial charge in [0.15, 0.2) is 0 Å². The minimum atomic E-state index is -3.72. The summed E-state index contributed by atoms with van der Waals surface area (Å²) in [6, 6.07) is 10.7. The number of nitrogens with one attached hydrogen (secondary N) is 1. The van der Waals surface area contributed by atoms with Crippen LogP contribution in [0.4, 0.5) is 8.78 Å². The van der Waals surface area contributed by atoms with Crippen molar-refractivity contribution in [2.75, 3.05) is 26.2 Å². The van der Waals surface area contributed by atoms with Crippen molar-refractivity contribution in [1.82, 2.24) is 9.62 Å². The van der Waals surface area contributed by atoms with E-state index >= 15 is 0 Å². The number of ether oxygens (including phenoxy) is 1. The lowest BCUT2D eigenvalue weighted by Gasteiger charge is -2.32. The molecule has 0 bridgehead atoms. The number of likely N-dealkylation sites (tertiary alicyclic amines) is 1. The second-order valence-electron chi connectivity index (χ2n) is 6.50. The topological polar surface area (TPSA) is 58.6 Å². The van der Waals surface area contributed by atoms with Crippen LogP contribution in [0.2, 0.25) is 0 Å². The molecule has 0 aliphatic carbocycles. The largest absolute Gasteiger partial charge is 0.492 e. The van der Waals surface area contributed by atoms with Gasteiger partial charge in [-0.2, -0.15) is 0 Å². The first-order chi connectivity index (χ1) is 12.9. The molecule has 0 atom stereocenters. The molecule has 146 valence electrons. The standard InChI is InChI=1S/C19H22F2N2O3S/c20-15-4-6-18(7-5-15)26-13-12-23-10-8-17(9-11-23)22-27(24,25)19-3-1-2-16(21)14-19/h1-7,14,17,22H,8-13H2. The van der Waals surface area contributed by atoms with Crippen LogP contribution in [-0.2, 0) is 10.0 Å². The third kappa shape index (κ3) is 5.72. The van der Waals surface area contributed by atoms with Crippen molar-refractivity contribution in [3.05, 3.63) is 60.2 Å². The van der Waals surface area contributed by atoms with Gasteiger partial charge in [0.05, 0.1) is 4.90 Å². The summed E-state index contributed by atoms with van der Waals surface area (Å²) < 4.78 is 59.1. The van der Waals surface area contributed by atoms with E-state index in [0.29, 0.717) is 31.7 Å². The highest BCUT2D eigenvalue weighted by molar-refractivity contribution is 7.89. The van der Waals surface area contributed by atoms with Crippen molar-refractivity contribution in [2.45, 2.75) is 23.8 Å². The zero-order chi connectivity index (χ0) is 19.3. The second-order valence-corrected chi connectivity index (χ2v) is 8.21. The van der Waals surface area contributed by atoms with E-state index in [0.717, 1.165) is 19.2 Å². The van der Waals surface area contributed by atoms with Gasteiger partial charge >= 0.3 is 0 Å². The molecule has 0 unspecified atom stereocenters. The molecule has 1 aliphatic rings. The maximum absolute atomic E-state index is 13.3. The number of sulfonamides is 1. The summed E-state index contributed by atoms with van der Waals surface area (Å²) in [6.07, 6.45) is 1.34.